The summed E-state index contributed by atoms with van der Waals surface area (Å²) in [5.41, 5.74) is 1.32. The van der Waals surface area contributed by atoms with E-state index in [1.54, 1.807) is 6.26 Å². The van der Waals surface area contributed by atoms with Crippen LogP contribution in [0, 0.1) is 5.92 Å². The fourth-order valence-corrected chi connectivity index (χ4v) is 3.42. The topological polar surface area (TPSA) is 19.6 Å². The molecule has 3 heteroatoms. The van der Waals surface area contributed by atoms with Gasteiger partial charge in [-0.25, -0.2) is 0 Å². The first-order chi connectivity index (χ1) is 8.90. The molecule has 0 aliphatic carbocycles. The fraction of sp³-hybridized carbons (Fsp3) is 0.733. The highest BCUT2D eigenvalue weighted by atomic mass is 16.3. The molecule has 0 amide bonds. The summed E-state index contributed by atoms with van der Waals surface area (Å²) in [7, 11) is 0. The van der Waals surface area contributed by atoms with Crippen molar-refractivity contribution in [3.63, 3.8) is 0 Å². The van der Waals surface area contributed by atoms with Gasteiger partial charge in [0.15, 0.2) is 0 Å². The van der Waals surface area contributed by atoms with Crippen molar-refractivity contribution in [2.75, 3.05) is 32.7 Å². The van der Waals surface area contributed by atoms with E-state index < -0.39 is 0 Å². The molecular formula is C15H24N2O. The number of nitrogens with zero attached hydrogens (tertiary/aromatic N) is 2. The summed E-state index contributed by atoms with van der Waals surface area (Å²) in [5, 5.41) is 0. The first kappa shape index (κ1) is 12.2. The summed E-state index contributed by atoms with van der Waals surface area (Å²) in [5.74, 6) is 0.878. The smallest absolute Gasteiger partial charge is 0.0947 e. The molecule has 100 valence electrons. The van der Waals surface area contributed by atoms with Crippen molar-refractivity contribution in [3.05, 3.63) is 24.2 Å². The Hall–Kier alpha value is -0.800. The lowest BCUT2D eigenvalue weighted by molar-refractivity contribution is 0.137. The SMILES string of the molecule is c1cc(CN2CCC[C@H](CN3CCCC3)C2)co1. The molecule has 1 aromatic heterocycles. The van der Waals surface area contributed by atoms with Crippen LogP contribution in [0.25, 0.3) is 0 Å². The molecule has 18 heavy (non-hydrogen) atoms. The van der Waals surface area contributed by atoms with E-state index in [1.807, 2.05) is 6.26 Å². The van der Waals surface area contributed by atoms with Gasteiger partial charge in [-0.05, 0) is 57.3 Å². The van der Waals surface area contributed by atoms with E-state index in [9.17, 15) is 0 Å². The molecule has 3 rings (SSSR count). The molecule has 0 spiro atoms. The van der Waals surface area contributed by atoms with Gasteiger partial charge in [-0.15, -0.1) is 0 Å². The second-order valence-corrected chi connectivity index (χ2v) is 5.88. The maximum atomic E-state index is 5.16. The Morgan fingerprint density at radius 1 is 1.11 bits per heavy atom. The lowest BCUT2D eigenvalue weighted by Gasteiger charge is -2.34. The summed E-state index contributed by atoms with van der Waals surface area (Å²) in [4.78, 5) is 5.25. The van der Waals surface area contributed by atoms with E-state index in [0.717, 1.165) is 12.5 Å². The largest absolute Gasteiger partial charge is 0.472 e. The Balaban J connectivity index is 1.48. The molecule has 2 aliphatic heterocycles. The average molecular weight is 248 g/mol. The Kier molecular flexibility index (Phi) is 4.01. The van der Waals surface area contributed by atoms with Crippen molar-refractivity contribution in [2.24, 2.45) is 5.92 Å². The van der Waals surface area contributed by atoms with E-state index in [0.29, 0.717) is 0 Å². The van der Waals surface area contributed by atoms with Gasteiger partial charge in [-0.2, -0.15) is 0 Å². The van der Waals surface area contributed by atoms with Gasteiger partial charge in [-0.1, -0.05) is 0 Å². The van der Waals surface area contributed by atoms with Crippen LogP contribution in [0.15, 0.2) is 23.0 Å². The van der Waals surface area contributed by atoms with Crippen LogP contribution in [0.1, 0.15) is 31.2 Å². The monoisotopic (exact) mass is 248 g/mol. The maximum Gasteiger partial charge on any atom is 0.0947 e. The van der Waals surface area contributed by atoms with Crippen LogP contribution in [-0.4, -0.2) is 42.5 Å². The summed E-state index contributed by atoms with van der Waals surface area (Å²) in [6, 6.07) is 2.09. The van der Waals surface area contributed by atoms with Crippen LogP contribution >= 0.6 is 0 Å². The van der Waals surface area contributed by atoms with Crippen molar-refractivity contribution < 1.29 is 4.42 Å². The summed E-state index contributed by atoms with van der Waals surface area (Å²) < 4.78 is 5.16. The highest BCUT2D eigenvalue weighted by Crippen LogP contribution is 2.21. The molecule has 0 bridgehead atoms. The van der Waals surface area contributed by atoms with Crippen molar-refractivity contribution in [3.8, 4) is 0 Å². The third-order valence-corrected chi connectivity index (χ3v) is 4.30. The van der Waals surface area contributed by atoms with E-state index in [2.05, 4.69) is 15.9 Å². The van der Waals surface area contributed by atoms with Crippen LogP contribution in [0.2, 0.25) is 0 Å². The second-order valence-electron chi connectivity index (χ2n) is 5.88. The van der Waals surface area contributed by atoms with Gasteiger partial charge in [0.25, 0.3) is 0 Å². The number of rotatable bonds is 4. The number of piperidine rings is 1. The molecule has 1 atom stereocenters. The van der Waals surface area contributed by atoms with E-state index in [-0.39, 0.29) is 0 Å². The highest BCUT2D eigenvalue weighted by molar-refractivity contribution is 5.05. The van der Waals surface area contributed by atoms with E-state index in [1.165, 1.54) is 64.0 Å². The molecular weight excluding hydrogens is 224 g/mol. The van der Waals surface area contributed by atoms with Crippen molar-refractivity contribution in [2.45, 2.75) is 32.2 Å². The van der Waals surface area contributed by atoms with Gasteiger partial charge in [0.05, 0.1) is 12.5 Å². The zero-order chi connectivity index (χ0) is 12.2. The Morgan fingerprint density at radius 3 is 2.72 bits per heavy atom. The van der Waals surface area contributed by atoms with Gasteiger partial charge < -0.3 is 9.32 Å². The summed E-state index contributed by atoms with van der Waals surface area (Å²) in [6.45, 7) is 7.56. The lowest BCUT2D eigenvalue weighted by Crippen LogP contribution is -2.39. The number of furan rings is 1. The molecule has 2 aliphatic rings. The zero-order valence-electron chi connectivity index (χ0n) is 11.2. The van der Waals surface area contributed by atoms with Crippen LogP contribution in [0.4, 0.5) is 0 Å². The van der Waals surface area contributed by atoms with Gasteiger partial charge >= 0.3 is 0 Å². The Bertz CT molecular complexity index is 343. The average Bonchev–Trinajstić information content (AvgIpc) is 3.03. The molecule has 0 unspecified atom stereocenters. The molecule has 2 saturated heterocycles. The van der Waals surface area contributed by atoms with Crippen LogP contribution < -0.4 is 0 Å². The normalized spacial score (nSPS) is 26.8. The standard InChI is InChI=1S/C15H24N2O/c1-2-7-16(6-1)10-14-4-3-8-17(11-14)12-15-5-9-18-13-15/h5,9,13-14H,1-4,6-8,10-12H2/t14-/m1/s1. The third-order valence-electron chi connectivity index (χ3n) is 4.30. The molecule has 2 fully saturated rings. The quantitative estimate of drug-likeness (QED) is 0.816. The Labute approximate surface area is 110 Å². The lowest BCUT2D eigenvalue weighted by atomic mass is 9.97. The van der Waals surface area contributed by atoms with Crippen molar-refractivity contribution >= 4 is 0 Å². The molecule has 0 N–H and O–H groups in total. The molecule has 0 saturated carbocycles. The molecule has 0 aromatic carbocycles. The molecule has 1 aromatic rings. The first-order valence-electron chi connectivity index (χ1n) is 7.36. The highest BCUT2D eigenvalue weighted by Gasteiger charge is 2.23. The third kappa shape index (κ3) is 3.15. The van der Waals surface area contributed by atoms with Gasteiger partial charge in [-0.3, -0.25) is 4.90 Å². The minimum atomic E-state index is 0.878. The van der Waals surface area contributed by atoms with Crippen LogP contribution in [-0.2, 0) is 6.54 Å². The van der Waals surface area contributed by atoms with E-state index >= 15 is 0 Å². The van der Waals surface area contributed by atoms with Gasteiger partial charge in [0.2, 0.25) is 0 Å². The van der Waals surface area contributed by atoms with Crippen LogP contribution in [0.3, 0.4) is 0 Å². The summed E-state index contributed by atoms with van der Waals surface area (Å²) >= 11 is 0. The zero-order valence-corrected chi connectivity index (χ0v) is 11.2. The van der Waals surface area contributed by atoms with Gasteiger partial charge in [0, 0.05) is 25.2 Å². The number of hydrogen-bond donors (Lipinski definition) is 0. The van der Waals surface area contributed by atoms with E-state index in [4.69, 9.17) is 4.42 Å². The maximum absolute atomic E-state index is 5.16. The van der Waals surface area contributed by atoms with Crippen LogP contribution in [0.5, 0.6) is 0 Å². The predicted octanol–water partition coefficient (Wildman–Crippen LogP) is 2.59. The molecule has 0 radical (unpaired) electrons. The Morgan fingerprint density at radius 2 is 1.94 bits per heavy atom. The van der Waals surface area contributed by atoms with Gasteiger partial charge in [0.1, 0.15) is 0 Å². The minimum Gasteiger partial charge on any atom is -0.472 e. The van der Waals surface area contributed by atoms with Crippen molar-refractivity contribution in [1.82, 2.24) is 9.80 Å². The predicted molar refractivity (Wildman–Crippen MR) is 72.4 cm³/mol. The second kappa shape index (κ2) is 5.89. The minimum absolute atomic E-state index is 0.878. The number of hydrogen-bond acceptors (Lipinski definition) is 3. The first-order valence-corrected chi connectivity index (χ1v) is 7.36. The molecule has 3 heterocycles. The molecule has 3 nitrogen and oxygen atoms in total. The van der Waals surface area contributed by atoms with Crippen molar-refractivity contribution in [1.29, 1.82) is 0 Å². The fourth-order valence-electron chi connectivity index (χ4n) is 3.42. The summed E-state index contributed by atoms with van der Waals surface area (Å²) in [6.07, 6.45) is 9.25. The number of likely N-dealkylation sites (tertiary alicyclic amines) is 2.